The molecule has 3 nitrogen and oxygen atoms in total. The van der Waals surface area contributed by atoms with Gasteiger partial charge >= 0.3 is 6.18 Å². The zero-order valence-electron chi connectivity index (χ0n) is 9.21. The molecular formula is C11H10BrF3N2O. The Balaban J connectivity index is 3.10. The van der Waals surface area contributed by atoms with E-state index in [2.05, 4.69) is 15.9 Å². The molecule has 18 heavy (non-hydrogen) atoms. The van der Waals surface area contributed by atoms with Crippen LogP contribution in [0.25, 0.3) is 0 Å². The van der Waals surface area contributed by atoms with Crippen molar-refractivity contribution in [3.8, 4) is 6.07 Å². The molecule has 0 bridgehead atoms. The van der Waals surface area contributed by atoms with Crippen LogP contribution in [0.15, 0.2) is 22.7 Å². The van der Waals surface area contributed by atoms with E-state index >= 15 is 0 Å². The van der Waals surface area contributed by atoms with E-state index in [9.17, 15) is 13.2 Å². The summed E-state index contributed by atoms with van der Waals surface area (Å²) in [6.07, 6.45) is -4.39. The smallest absolute Gasteiger partial charge is 0.395 e. The van der Waals surface area contributed by atoms with Crippen LogP contribution in [0.2, 0.25) is 0 Å². The van der Waals surface area contributed by atoms with E-state index in [0.29, 0.717) is 4.47 Å². The van der Waals surface area contributed by atoms with Crippen molar-refractivity contribution in [1.82, 2.24) is 0 Å². The summed E-state index contributed by atoms with van der Waals surface area (Å²) in [5, 5.41) is 17.7. The molecule has 0 amide bonds. The minimum absolute atomic E-state index is 0.127. The highest BCUT2D eigenvalue weighted by Gasteiger charge is 2.31. The van der Waals surface area contributed by atoms with Crippen molar-refractivity contribution in [3.63, 3.8) is 0 Å². The van der Waals surface area contributed by atoms with Gasteiger partial charge in [0.15, 0.2) is 0 Å². The minimum Gasteiger partial charge on any atom is -0.395 e. The summed E-state index contributed by atoms with van der Waals surface area (Å²) >= 11 is 3.15. The van der Waals surface area contributed by atoms with Gasteiger partial charge in [0.1, 0.15) is 12.6 Å². The van der Waals surface area contributed by atoms with Gasteiger partial charge in [-0.2, -0.15) is 18.4 Å². The van der Waals surface area contributed by atoms with Crippen LogP contribution in [0.4, 0.5) is 18.9 Å². The minimum atomic E-state index is -4.39. The molecule has 0 saturated carbocycles. The Morgan fingerprint density at radius 1 is 1.39 bits per heavy atom. The molecule has 7 heteroatoms. The van der Waals surface area contributed by atoms with Gasteiger partial charge in [-0.25, -0.2) is 0 Å². The van der Waals surface area contributed by atoms with Crippen LogP contribution < -0.4 is 4.90 Å². The number of halogens is 4. The number of hydrogen-bond donors (Lipinski definition) is 1. The van der Waals surface area contributed by atoms with Gasteiger partial charge in [-0.15, -0.1) is 0 Å². The molecule has 0 fully saturated rings. The molecule has 1 rings (SSSR count). The van der Waals surface area contributed by atoms with E-state index in [1.54, 1.807) is 6.07 Å². The number of anilines is 1. The molecule has 0 unspecified atom stereocenters. The Bertz CT molecular complexity index is 457. The van der Waals surface area contributed by atoms with Crippen molar-refractivity contribution in [3.05, 3.63) is 28.2 Å². The number of hydrogen-bond acceptors (Lipinski definition) is 3. The van der Waals surface area contributed by atoms with E-state index in [1.807, 2.05) is 6.07 Å². The Morgan fingerprint density at radius 2 is 2.06 bits per heavy atom. The largest absolute Gasteiger partial charge is 0.405 e. The second-order valence-electron chi connectivity index (χ2n) is 3.53. The molecular weight excluding hydrogens is 313 g/mol. The molecule has 0 atom stereocenters. The lowest BCUT2D eigenvalue weighted by molar-refractivity contribution is -0.119. The molecule has 0 aliphatic heterocycles. The summed E-state index contributed by atoms with van der Waals surface area (Å²) < 4.78 is 37.9. The van der Waals surface area contributed by atoms with Gasteiger partial charge in [0.2, 0.25) is 0 Å². The Labute approximate surface area is 111 Å². The number of rotatable bonds is 4. The van der Waals surface area contributed by atoms with Crippen LogP contribution in [0.3, 0.4) is 0 Å². The lowest BCUT2D eigenvalue weighted by atomic mass is 10.1. The zero-order valence-corrected chi connectivity index (χ0v) is 10.8. The molecule has 98 valence electrons. The number of aliphatic hydroxyl groups is 1. The summed E-state index contributed by atoms with van der Waals surface area (Å²) in [6, 6.07) is 6.25. The summed E-state index contributed by atoms with van der Waals surface area (Å²) in [5.74, 6) is 0. The van der Waals surface area contributed by atoms with Gasteiger partial charge in [-0.3, -0.25) is 0 Å². The van der Waals surface area contributed by atoms with E-state index in [1.165, 1.54) is 12.1 Å². The molecule has 0 radical (unpaired) electrons. The summed E-state index contributed by atoms with van der Waals surface area (Å²) in [7, 11) is 0. The first-order valence-corrected chi connectivity index (χ1v) is 5.79. The number of aliphatic hydroxyl groups excluding tert-OH is 1. The molecule has 1 N–H and O–H groups in total. The average molecular weight is 323 g/mol. The average Bonchev–Trinajstić information content (AvgIpc) is 2.26. The van der Waals surface area contributed by atoms with Crippen molar-refractivity contribution in [2.75, 3.05) is 24.6 Å². The van der Waals surface area contributed by atoms with E-state index < -0.39 is 19.3 Å². The fourth-order valence-electron chi connectivity index (χ4n) is 1.50. The van der Waals surface area contributed by atoms with Crippen LogP contribution in [0, 0.1) is 11.3 Å². The molecule has 0 heterocycles. The van der Waals surface area contributed by atoms with Crippen molar-refractivity contribution in [2.45, 2.75) is 6.18 Å². The molecule has 0 saturated heterocycles. The fourth-order valence-corrected chi connectivity index (χ4v) is 1.86. The number of nitriles is 1. The Morgan fingerprint density at radius 3 is 2.56 bits per heavy atom. The van der Waals surface area contributed by atoms with Crippen LogP contribution in [-0.2, 0) is 0 Å². The first kappa shape index (κ1) is 14.8. The van der Waals surface area contributed by atoms with Gasteiger partial charge in [0, 0.05) is 11.0 Å². The maximum absolute atomic E-state index is 12.4. The standard InChI is InChI=1S/C11H10BrF3N2O/c12-9-1-2-10(8(5-9)6-16)17(3-4-18)7-11(13,14)15/h1-2,5,18H,3-4,7H2. The summed E-state index contributed by atoms with van der Waals surface area (Å²) in [6.45, 7) is -1.81. The lowest BCUT2D eigenvalue weighted by Crippen LogP contribution is -2.36. The molecule has 1 aromatic carbocycles. The molecule has 0 spiro atoms. The monoisotopic (exact) mass is 322 g/mol. The maximum Gasteiger partial charge on any atom is 0.405 e. The SMILES string of the molecule is N#Cc1cc(Br)ccc1N(CCO)CC(F)(F)F. The van der Waals surface area contributed by atoms with Gasteiger partial charge in [-0.1, -0.05) is 15.9 Å². The summed E-state index contributed by atoms with van der Waals surface area (Å²) in [4.78, 5) is 0.936. The quantitative estimate of drug-likeness (QED) is 0.927. The van der Waals surface area contributed by atoms with Gasteiger partial charge < -0.3 is 10.0 Å². The van der Waals surface area contributed by atoms with Crippen LogP contribution in [0.1, 0.15) is 5.56 Å². The van der Waals surface area contributed by atoms with Gasteiger partial charge in [0.25, 0.3) is 0 Å². The predicted octanol–water partition coefficient (Wildman–Crippen LogP) is 2.68. The molecule has 0 aromatic heterocycles. The Kier molecular flexibility index (Phi) is 4.99. The maximum atomic E-state index is 12.4. The normalized spacial score (nSPS) is 11.1. The second-order valence-corrected chi connectivity index (χ2v) is 4.45. The van der Waals surface area contributed by atoms with E-state index in [0.717, 1.165) is 4.90 Å². The van der Waals surface area contributed by atoms with Gasteiger partial charge in [-0.05, 0) is 18.2 Å². The van der Waals surface area contributed by atoms with Crippen LogP contribution in [0.5, 0.6) is 0 Å². The highest BCUT2D eigenvalue weighted by atomic mass is 79.9. The number of alkyl halides is 3. The molecule has 0 aliphatic carbocycles. The second kappa shape index (κ2) is 6.07. The molecule has 0 aliphatic rings. The third-order valence-electron chi connectivity index (χ3n) is 2.16. The first-order chi connectivity index (χ1) is 8.37. The number of benzene rings is 1. The predicted molar refractivity (Wildman–Crippen MR) is 64.2 cm³/mol. The van der Waals surface area contributed by atoms with Crippen LogP contribution >= 0.6 is 15.9 Å². The third kappa shape index (κ3) is 4.20. The summed E-state index contributed by atoms with van der Waals surface area (Å²) in [5.41, 5.74) is 0.286. The lowest BCUT2D eigenvalue weighted by Gasteiger charge is -2.26. The van der Waals surface area contributed by atoms with Crippen molar-refractivity contribution < 1.29 is 18.3 Å². The zero-order chi connectivity index (χ0) is 13.8. The van der Waals surface area contributed by atoms with Crippen molar-refractivity contribution in [1.29, 1.82) is 5.26 Å². The highest BCUT2D eigenvalue weighted by molar-refractivity contribution is 9.10. The Hall–Kier alpha value is -1.26. The van der Waals surface area contributed by atoms with E-state index in [-0.39, 0.29) is 17.8 Å². The third-order valence-corrected chi connectivity index (χ3v) is 2.65. The van der Waals surface area contributed by atoms with Crippen LogP contribution in [-0.4, -0.2) is 31.0 Å². The van der Waals surface area contributed by atoms with Crippen molar-refractivity contribution >= 4 is 21.6 Å². The van der Waals surface area contributed by atoms with Gasteiger partial charge in [0.05, 0.1) is 17.9 Å². The first-order valence-electron chi connectivity index (χ1n) is 4.99. The fraction of sp³-hybridized carbons (Fsp3) is 0.364. The molecule has 1 aromatic rings. The number of nitrogens with zero attached hydrogens (tertiary/aromatic N) is 2. The van der Waals surface area contributed by atoms with Crippen molar-refractivity contribution in [2.24, 2.45) is 0 Å². The highest BCUT2D eigenvalue weighted by Crippen LogP contribution is 2.27. The van der Waals surface area contributed by atoms with E-state index in [4.69, 9.17) is 10.4 Å². The topological polar surface area (TPSA) is 47.3 Å².